The Kier molecular flexibility index (Phi) is 2.80. The van der Waals surface area contributed by atoms with Crippen molar-refractivity contribution in [2.24, 2.45) is 0 Å². The Hall–Kier alpha value is -1.38. The van der Waals surface area contributed by atoms with Crippen LogP contribution in [0.15, 0.2) is 24.7 Å². The highest BCUT2D eigenvalue weighted by Gasteiger charge is 1.91. The highest BCUT2D eigenvalue weighted by atomic mass is 15.2. The Labute approximate surface area is 72.1 Å². The van der Waals surface area contributed by atoms with Crippen LogP contribution in [-0.4, -0.2) is 14.6 Å². The Morgan fingerprint density at radius 2 is 2.08 bits per heavy atom. The van der Waals surface area contributed by atoms with Crippen molar-refractivity contribution in [2.45, 2.75) is 20.8 Å². The molecule has 0 radical (unpaired) electrons. The molecule has 0 aliphatic rings. The summed E-state index contributed by atoms with van der Waals surface area (Å²) in [5.41, 5.74) is 2.11. The maximum atomic E-state index is 4.08. The average Bonchev–Trinajstić information content (AvgIpc) is 2.54. The van der Waals surface area contributed by atoms with Gasteiger partial charge in [0, 0.05) is 5.69 Å². The minimum atomic E-state index is 1.02. The van der Waals surface area contributed by atoms with Gasteiger partial charge in [0.2, 0.25) is 0 Å². The molecular weight excluding hydrogens is 150 g/mol. The maximum Gasteiger partial charge on any atom is 0.117 e. The van der Waals surface area contributed by atoms with Crippen LogP contribution in [0, 0.1) is 6.92 Å². The Morgan fingerprint density at radius 1 is 1.33 bits per heavy atom. The minimum Gasteiger partial charge on any atom is -0.242 e. The fourth-order valence-electron chi connectivity index (χ4n) is 0.932. The zero-order chi connectivity index (χ0) is 8.97. The SMILES string of the molecule is CC.Cc1cc2ccnn2cn1. The van der Waals surface area contributed by atoms with Crippen LogP contribution in [0.5, 0.6) is 0 Å². The zero-order valence-corrected chi connectivity index (χ0v) is 7.65. The molecule has 0 bridgehead atoms. The molecule has 64 valence electrons. The Morgan fingerprint density at radius 3 is 2.83 bits per heavy atom. The van der Waals surface area contributed by atoms with E-state index >= 15 is 0 Å². The van der Waals surface area contributed by atoms with E-state index < -0.39 is 0 Å². The van der Waals surface area contributed by atoms with Crippen molar-refractivity contribution >= 4 is 5.52 Å². The van der Waals surface area contributed by atoms with Gasteiger partial charge in [-0.15, -0.1) is 0 Å². The number of hydrogen-bond acceptors (Lipinski definition) is 2. The van der Waals surface area contributed by atoms with Gasteiger partial charge in [-0.05, 0) is 19.1 Å². The number of nitrogens with zero attached hydrogens (tertiary/aromatic N) is 3. The highest BCUT2D eigenvalue weighted by Crippen LogP contribution is 2.00. The molecule has 3 heteroatoms. The smallest absolute Gasteiger partial charge is 0.117 e. The molecule has 2 aromatic rings. The molecule has 0 amide bonds. The molecule has 0 saturated carbocycles. The lowest BCUT2D eigenvalue weighted by molar-refractivity contribution is 0.910. The molecule has 12 heavy (non-hydrogen) atoms. The molecular formula is C9H13N3. The average molecular weight is 163 g/mol. The maximum absolute atomic E-state index is 4.08. The van der Waals surface area contributed by atoms with Crippen LogP contribution >= 0.6 is 0 Å². The lowest BCUT2D eigenvalue weighted by Crippen LogP contribution is -1.89. The first kappa shape index (κ1) is 8.71. The summed E-state index contributed by atoms with van der Waals surface area (Å²) in [6, 6.07) is 3.95. The molecule has 0 saturated heterocycles. The van der Waals surface area contributed by atoms with E-state index in [1.807, 2.05) is 32.9 Å². The van der Waals surface area contributed by atoms with Gasteiger partial charge in [0.05, 0.1) is 11.7 Å². The van der Waals surface area contributed by atoms with Gasteiger partial charge in [-0.1, -0.05) is 13.8 Å². The molecule has 0 N–H and O–H groups in total. The molecule has 2 rings (SSSR count). The third-order valence-corrected chi connectivity index (χ3v) is 1.43. The second kappa shape index (κ2) is 3.85. The molecule has 0 unspecified atom stereocenters. The second-order valence-corrected chi connectivity index (χ2v) is 2.23. The molecule has 0 aliphatic heterocycles. The van der Waals surface area contributed by atoms with E-state index in [1.54, 1.807) is 17.0 Å². The zero-order valence-electron chi connectivity index (χ0n) is 7.65. The number of aryl methyl sites for hydroxylation is 1. The van der Waals surface area contributed by atoms with Gasteiger partial charge >= 0.3 is 0 Å². The molecule has 0 spiro atoms. The van der Waals surface area contributed by atoms with E-state index in [-0.39, 0.29) is 0 Å². The van der Waals surface area contributed by atoms with Crippen LogP contribution in [0.4, 0.5) is 0 Å². The fourth-order valence-corrected chi connectivity index (χ4v) is 0.932. The van der Waals surface area contributed by atoms with Gasteiger partial charge in [0.1, 0.15) is 6.33 Å². The largest absolute Gasteiger partial charge is 0.242 e. The normalized spacial score (nSPS) is 9.25. The second-order valence-electron chi connectivity index (χ2n) is 2.23. The van der Waals surface area contributed by atoms with Crippen LogP contribution in [0.25, 0.3) is 5.52 Å². The van der Waals surface area contributed by atoms with Crippen LogP contribution in [0.2, 0.25) is 0 Å². The molecule has 3 nitrogen and oxygen atoms in total. The molecule has 0 atom stereocenters. The van der Waals surface area contributed by atoms with Gasteiger partial charge in [-0.2, -0.15) is 5.10 Å². The highest BCUT2D eigenvalue weighted by molar-refractivity contribution is 5.44. The first-order chi connectivity index (χ1) is 5.86. The molecule has 0 aliphatic carbocycles. The number of aromatic nitrogens is 3. The van der Waals surface area contributed by atoms with E-state index in [9.17, 15) is 0 Å². The summed E-state index contributed by atoms with van der Waals surface area (Å²) in [5.74, 6) is 0. The van der Waals surface area contributed by atoms with Crippen molar-refractivity contribution < 1.29 is 0 Å². The van der Waals surface area contributed by atoms with Crippen molar-refractivity contribution in [3.8, 4) is 0 Å². The van der Waals surface area contributed by atoms with Crippen LogP contribution in [-0.2, 0) is 0 Å². The van der Waals surface area contributed by atoms with E-state index in [0.717, 1.165) is 11.2 Å². The summed E-state index contributed by atoms with van der Waals surface area (Å²) in [4.78, 5) is 4.08. The quantitative estimate of drug-likeness (QED) is 0.595. The molecule has 2 heterocycles. The lowest BCUT2D eigenvalue weighted by atomic mass is 10.4. The van der Waals surface area contributed by atoms with E-state index in [2.05, 4.69) is 10.1 Å². The first-order valence-electron chi connectivity index (χ1n) is 4.12. The van der Waals surface area contributed by atoms with E-state index in [0.29, 0.717) is 0 Å². The monoisotopic (exact) mass is 163 g/mol. The summed E-state index contributed by atoms with van der Waals surface area (Å²) < 4.78 is 1.74. The number of rotatable bonds is 0. The van der Waals surface area contributed by atoms with Gasteiger partial charge in [-0.25, -0.2) is 9.50 Å². The van der Waals surface area contributed by atoms with Crippen LogP contribution < -0.4 is 0 Å². The predicted molar refractivity (Wildman–Crippen MR) is 49.1 cm³/mol. The van der Waals surface area contributed by atoms with E-state index in [4.69, 9.17) is 0 Å². The fraction of sp³-hybridized carbons (Fsp3) is 0.333. The minimum absolute atomic E-state index is 1.02. The molecule has 0 fully saturated rings. The van der Waals surface area contributed by atoms with Gasteiger partial charge in [0.15, 0.2) is 0 Å². The van der Waals surface area contributed by atoms with Gasteiger partial charge in [-0.3, -0.25) is 0 Å². The predicted octanol–water partition coefficient (Wildman–Crippen LogP) is 2.06. The summed E-state index contributed by atoms with van der Waals surface area (Å²) in [5, 5.41) is 4.01. The third-order valence-electron chi connectivity index (χ3n) is 1.43. The van der Waals surface area contributed by atoms with Crippen molar-refractivity contribution in [3.05, 3.63) is 30.4 Å². The first-order valence-corrected chi connectivity index (χ1v) is 4.12. The van der Waals surface area contributed by atoms with Gasteiger partial charge in [0.25, 0.3) is 0 Å². The summed E-state index contributed by atoms with van der Waals surface area (Å²) in [6.07, 6.45) is 3.47. The lowest BCUT2D eigenvalue weighted by Gasteiger charge is -1.91. The number of fused-ring (bicyclic) bond motifs is 1. The van der Waals surface area contributed by atoms with Crippen LogP contribution in [0.1, 0.15) is 19.5 Å². The van der Waals surface area contributed by atoms with E-state index in [1.165, 1.54) is 0 Å². The Balaban J connectivity index is 0.000000336. The third kappa shape index (κ3) is 1.61. The summed E-state index contributed by atoms with van der Waals surface area (Å²) in [7, 11) is 0. The standard InChI is InChI=1S/C7H7N3.C2H6/c1-6-4-7-2-3-9-10(7)5-8-6;1-2/h2-5H,1H3;1-2H3. The summed E-state index contributed by atoms with van der Waals surface area (Å²) >= 11 is 0. The molecule has 0 aromatic carbocycles. The Bertz CT molecular complexity index is 351. The van der Waals surface area contributed by atoms with Crippen molar-refractivity contribution in [1.29, 1.82) is 0 Å². The topological polar surface area (TPSA) is 30.2 Å². The van der Waals surface area contributed by atoms with Crippen molar-refractivity contribution in [1.82, 2.24) is 14.6 Å². The number of hydrogen-bond donors (Lipinski definition) is 0. The van der Waals surface area contributed by atoms with Crippen molar-refractivity contribution in [2.75, 3.05) is 0 Å². The van der Waals surface area contributed by atoms with Gasteiger partial charge < -0.3 is 0 Å². The molecule has 2 aromatic heterocycles. The van der Waals surface area contributed by atoms with Crippen molar-refractivity contribution in [3.63, 3.8) is 0 Å². The summed E-state index contributed by atoms with van der Waals surface area (Å²) in [6.45, 7) is 5.97. The van der Waals surface area contributed by atoms with Crippen LogP contribution in [0.3, 0.4) is 0 Å².